The number of phenolic OH excluding ortho intramolecular Hbond substituents is 2. The Kier molecular flexibility index (Phi) is 6.39. The minimum atomic E-state index is -4.67. The van der Waals surface area contributed by atoms with Crippen molar-refractivity contribution < 1.29 is 27.7 Å². The number of allylic oxidation sites excluding steroid dienone is 2. The van der Waals surface area contributed by atoms with E-state index in [-0.39, 0.29) is 11.5 Å². The summed E-state index contributed by atoms with van der Waals surface area (Å²) in [6, 6.07) is 4.56. The predicted molar refractivity (Wildman–Crippen MR) is 67.1 cm³/mol. The van der Waals surface area contributed by atoms with Crippen molar-refractivity contribution in [2.75, 3.05) is 0 Å². The van der Waals surface area contributed by atoms with Crippen molar-refractivity contribution in [1.29, 1.82) is 0 Å². The van der Waals surface area contributed by atoms with Crippen molar-refractivity contribution in [2.24, 2.45) is 0 Å². The quantitative estimate of drug-likeness (QED) is 0.373. The largest absolute Gasteiger partial charge is 0.508 e. The van der Waals surface area contributed by atoms with E-state index in [4.69, 9.17) is 17.5 Å². The summed E-state index contributed by atoms with van der Waals surface area (Å²) in [5, 5.41) is 18.6. The topological polar surface area (TPSA) is 115 Å². The molecule has 0 heterocycles. The fourth-order valence-electron chi connectivity index (χ4n) is 1.05. The monoisotopic (exact) mass is 276 g/mol. The number of benzene rings is 1. The summed E-state index contributed by atoms with van der Waals surface area (Å²) in [5.74, 6) is 0.422. The highest BCUT2D eigenvalue weighted by molar-refractivity contribution is 7.79. The van der Waals surface area contributed by atoms with Crippen molar-refractivity contribution in [3.05, 3.63) is 35.4 Å². The standard InChI is InChI=1S/C11H14O2.H2O4S/c1-8(2)3-4-9-7-10(12)5-6-11(9)13;1-5(2,3)4/h3,5-7,12-13H,4H2,1-2H3;(H2,1,2,3,4). The van der Waals surface area contributed by atoms with Crippen LogP contribution in [0.15, 0.2) is 29.8 Å². The summed E-state index contributed by atoms with van der Waals surface area (Å²) >= 11 is 0. The molecular formula is C11H16O6S. The van der Waals surface area contributed by atoms with Crippen molar-refractivity contribution in [3.8, 4) is 11.5 Å². The van der Waals surface area contributed by atoms with E-state index in [1.807, 2.05) is 19.9 Å². The Labute approximate surface area is 106 Å². The van der Waals surface area contributed by atoms with Crippen LogP contribution in [-0.4, -0.2) is 27.7 Å². The van der Waals surface area contributed by atoms with Gasteiger partial charge in [-0.05, 0) is 38.5 Å². The molecule has 18 heavy (non-hydrogen) atoms. The van der Waals surface area contributed by atoms with Crippen LogP contribution in [0.2, 0.25) is 0 Å². The lowest BCUT2D eigenvalue weighted by molar-refractivity contribution is 0.381. The van der Waals surface area contributed by atoms with E-state index in [2.05, 4.69) is 0 Å². The van der Waals surface area contributed by atoms with Gasteiger partial charge < -0.3 is 10.2 Å². The molecule has 0 saturated heterocycles. The molecule has 0 aliphatic heterocycles. The van der Waals surface area contributed by atoms with Crippen LogP contribution < -0.4 is 0 Å². The van der Waals surface area contributed by atoms with Gasteiger partial charge in [0.1, 0.15) is 11.5 Å². The lowest BCUT2D eigenvalue weighted by Gasteiger charge is -2.02. The first-order valence-electron chi connectivity index (χ1n) is 4.93. The lowest BCUT2D eigenvalue weighted by atomic mass is 10.1. The predicted octanol–water partition coefficient (Wildman–Crippen LogP) is 1.95. The highest BCUT2D eigenvalue weighted by Crippen LogP contribution is 2.22. The molecule has 0 radical (unpaired) electrons. The molecule has 1 aromatic rings. The molecular weight excluding hydrogens is 260 g/mol. The summed E-state index contributed by atoms with van der Waals surface area (Å²) < 4.78 is 31.6. The maximum absolute atomic E-state index is 9.41. The molecule has 4 N–H and O–H groups in total. The van der Waals surface area contributed by atoms with E-state index in [0.717, 1.165) is 5.56 Å². The van der Waals surface area contributed by atoms with Gasteiger partial charge in [0.25, 0.3) is 0 Å². The summed E-state index contributed by atoms with van der Waals surface area (Å²) in [4.78, 5) is 0. The Balaban J connectivity index is 0.000000494. The minimum Gasteiger partial charge on any atom is -0.508 e. The fraction of sp³-hybridized carbons (Fsp3) is 0.273. The number of hydrogen-bond donors (Lipinski definition) is 4. The first kappa shape index (κ1) is 16.4. The molecule has 0 amide bonds. The van der Waals surface area contributed by atoms with E-state index in [1.54, 1.807) is 6.07 Å². The van der Waals surface area contributed by atoms with Crippen LogP contribution in [0.4, 0.5) is 0 Å². The van der Waals surface area contributed by atoms with Crippen molar-refractivity contribution in [3.63, 3.8) is 0 Å². The van der Waals surface area contributed by atoms with Gasteiger partial charge in [0, 0.05) is 5.56 Å². The van der Waals surface area contributed by atoms with Gasteiger partial charge >= 0.3 is 10.4 Å². The minimum absolute atomic E-state index is 0.190. The highest BCUT2D eigenvalue weighted by atomic mass is 32.3. The normalized spacial score (nSPS) is 10.2. The molecule has 0 atom stereocenters. The second-order valence-corrected chi connectivity index (χ2v) is 4.64. The molecule has 0 bridgehead atoms. The molecule has 0 aromatic heterocycles. The van der Waals surface area contributed by atoms with Gasteiger partial charge in [0.15, 0.2) is 0 Å². The summed E-state index contributed by atoms with van der Waals surface area (Å²) in [6.07, 6.45) is 2.66. The molecule has 7 heteroatoms. The average molecular weight is 276 g/mol. The van der Waals surface area contributed by atoms with E-state index in [1.165, 1.54) is 17.7 Å². The number of aromatic hydroxyl groups is 2. The van der Waals surface area contributed by atoms with Crippen molar-refractivity contribution >= 4 is 10.4 Å². The molecule has 1 aromatic carbocycles. The summed E-state index contributed by atoms with van der Waals surface area (Å²) in [5.41, 5.74) is 1.95. The molecule has 102 valence electrons. The Bertz CT molecular complexity index is 506. The molecule has 0 aliphatic rings. The van der Waals surface area contributed by atoms with Gasteiger partial charge in [-0.1, -0.05) is 11.6 Å². The van der Waals surface area contributed by atoms with Gasteiger partial charge in [0.05, 0.1) is 0 Å². The first-order chi connectivity index (χ1) is 8.09. The van der Waals surface area contributed by atoms with Gasteiger partial charge in [-0.15, -0.1) is 0 Å². The Hall–Kier alpha value is -1.57. The van der Waals surface area contributed by atoms with Crippen LogP contribution in [0, 0.1) is 0 Å². The van der Waals surface area contributed by atoms with Crippen LogP contribution in [0.25, 0.3) is 0 Å². The van der Waals surface area contributed by atoms with Gasteiger partial charge in [-0.25, -0.2) is 0 Å². The van der Waals surface area contributed by atoms with Crippen LogP contribution in [0.3, 0.4) is 0 Å². The average Bonchev–Trinajstić information content (AvgIpc) is 2.17. The maximum Gasteiger partial charge on any atom is 0.394 e. The molecule has 0 unspecified atom stereocenters. The first-order valence-corrected chi connectivity index (χ1v) is 6.33. The van der Waals surface area contributed by atoms with Crippen LogP contribution in [0.1, 0.15) is 19.4 Å². The van der Waals surface area contributed by atoms with Crippen molar-refractivity contribution in [1.82, 2.24) is 0 Å². The van der Waals surface area contributed by atoms with Gasteiger partial charge in [-0.2, -0.15) is 8.42 Å². The Morgan fingerprint density at radius 3 is 2.17 bits per heavy atom. The molecule has 1 rings (SSSR count). The second kappa shape index (κ2) is 7.00. The van der Waals surface area contributed by atoms with Crippen LogP contribution in [-0.2, 0) is 16.8 Å². The third kappa shape index (κ3) is 9.64. The third-order valence-electron chi connectivity index (χ3n) is 1.79. The number of phenols is 2. The fourth-order valence-corrected chi connectivity index (χ4v) is 1.05. The zero-order valence-electron chi connectivity index (χ0n) is 10.0. The van der Waals surface area contributed by atoms with Crippen LogP contribution in [0.5, 0.6) is 11.5 Å². The molecule has 0 saturated carbocycles. The summed E-state index contributed by atoms with van der Waals surface area (Å²) in [7, 11) is -4.67. The SMILES string of the molecule is CC(C)=CCc1cc(O)ccc1O.O=S(=O)(O)O. The zero-order chi connectivity index (χ0) is 14.3. The van der Waals surface area contributed by atoms with Gasteiger partial charge in [-0.3, -0.25) is 9.11 Å². The Morgan fingerprint density at radius 1 is 1.22 bits per heavy atom. The second-order valence-electron chi connectivity index (χ2n) is 3.75. The maximum atomic E-state index is 9.41. The highest BCUT2D eigenvalue weighted by Gasteiger charge is 1.99. The molecule has 6 nitrogen and oxygen atoms in total. The molecule has 0 fully saturated rings. The van der Waals surface area contributed by atoms with Crippen molar-refractivity contribution in [2.45, 2.75) is 20.3 Å². The summed E-state index contributed by atoms with van der Waals surface area (Å²) in [6.45, 7) is 4.00. The number of hydrogen-bond acceptors (Lipinski definition) is 4. The van der Waals surface area contributed by atoms with E-state index in [0.29, 0.717) is 6.42 Å². The lowest BCUT2D eigenvalue weighted by Crippen LogP contribution is -1.89. The van der Waals surface area contributed by atoms with Crippen LogP contribution >= 0.6 is 0 Å². The zero-order valence-corrected chi connectivity index (χ0v) is 10.8. The Morgan fingerprint density at radius 2 is 1.72 bits per heavy atom. The van der Waals surface area contributed by atoms with E-state index < -0.39 is 10.4 Å². The number of rotatable bonds is 2. The van der Waals surface area contributed by atoms with E-state index in [9.17, 15) is 10.2 Å². The smallest absolute Gasteiger partial charge is 0.394 e. The molecule has 0 aliphatic carbocycles. The van der Waals surface area contributed by atoms with E-state index >= 15 is 0 Å². The third-order valence-corrected chi connectivity index (χ3v) is 1.79. The molecule has 0 spiro atoms. The van der Waals surface area contributed by atoms with Gasteiger partial charge in [0.2, 0.25) is 0 Å².